The van der Waals surface area contributed by atoms with Gasteiger partial charge in [0, 0.05) is 32.1 Å². The first-order chi connectivity index (χ1) is 17.5. The molecule has 0 bridgehead atoms. The third-order valence-corrected chi connectivity index (χ3v) is 7.41. The molecule has 0 aliphatic rings. The number of nitrogens with zero attached hydrogens (tertiary/aromatic N) is 1. The zero-order valence-corrected chi connectivity index (χ0v) is 21.3. The van der Waals surface area contributed by atoms with Gasteiger partial charge in [0.15, 0.2) is 5.13 Å². The lowest BCUT2D eigenvalue weighted by atomic mass is 10.1. The van der Waals surface area contributed by atoms with Crippen LogP contribution in [0.5, 0.6) is 0 Å². The van der Waals surface area contributed by atoms with Crippen LogP contribution in [0.25, 0.3) is 22.0 Å². The maximum Gasteiger partial charge on any atom is 0.255 e. The molecule has 0 aliphatic carbocycles. The van der Waals surface area contributed by atoms with Crippen molar-refractivity contribution in [2.75, 3.05) is 16.4 Å². The fourth-order valence-corrected chi connectivity index (χ4v) is 5.12. The molecule has 0 saturated heterocycles. The Morgan fingerprint density at radius 2 is 1.61 bits per heavy atom. The Morgan fingerprint density at radius 1 is 0.861 bits per heavy atom. The normalized spacial score (nSPS) is 10.8. The molecular weight excluding hydrogens is 510 g/mol. The number of carbonyl (C=O) groups is 2. The summed E-state index contributed by atoms with van der Waals surface area (Å²) in [7, 11) is 0. The first-order valence-corrected chi connectivity index (χ1v) is 13.3. The predicted molar refractivity (Wildman–Crippen MR) is 150 cm³/mol. The number of thioether (sulfide) groups is 1. The predicted octanol–water partition coefficient (Wildman–Crippen LogP) is 7.60. The van der Waals surface area contributed by atoms with Crippen LogP contribution in [0.15, 0.2) is 101 Å². The van der Waals surface area contributed by atoms with Crippen LogP contribution >= 0.6 is 34.7 Å². The number of anilines is 2. The minimum absolute atomic E-state index is 0.134. The Labute approximate surface area is 221 Å². The van der Waals surface area contributed by atoms with E-state index in [-0.39, 0.29) is 17.6 Å². The second kappa shape index (κ2) is 11.0. The number of hydrogen-bond acceptors (Lipinski definition) is 5. The molecule has 1 heterocycles. The van der Waals surface area contributed by atoms with Crippen LogP contribution in [-0.2, 0) is 4.79 Å². The zero-order valence-electron chi connectivity index (χ0n) is 18.9. The van der Waals surface area contributed by atoms with E-state index < -0.39 is 0 Å². The Bertz CT molecular complexity index is 1530. The lowest BCUT2D eigenvalue weighted by molar-refractivity contribution is -0.113. The van der Waals surface area contributed by atoms with E-state index in [1.54, 1.807) is 0 Å². The largest absolute Gasteiger partial charge is 0.322 e. The highest BCUT2D eigenvalue weighted by atomic mass is 35.5. The molecule has 0 fully saturated rings. The van der Waals surface area contributed by atoms with Gasteiger partial charge < -0.3 is 10.6 Å². The van der Waals surface area contributed by atoms with Crippen LogP contribution in [0.4, 0.5) is 10.8 Å². The van der Waals surface area contributed by atoms with E-state index >= 15 is 0 Å². The van der Waals surface area contributed by atoms with Crippen molar-refractivity contribution in [3.63, 3.8) is 0 Å². The second-order valence-electron chi connectivity index (χ2n) is 7.92. The van der Waals surface area contributed by atoms with Gasteiger partial charge in [-0.3, -0.25) is 9.59 Å². The van der Waals surface area contributed by atoms with Crippen LogP contribution in [-0.4, -0.2) is 22.6 Å². The molecule has 8 heteroatoms. The third kappa shape index (κ3) is 5.94. The van der Waals surface area contributed by atoms with Crippen LogP contribution in [0.2, 0.25) is 5.02 Å². The Hall–Kier alpha value is -3.65. The standard InChI is InChI=1S/C28H20ClN3O2S2/c29-22-9-7-19(8-10-22)25-16-36-28(31-25)32-26(33)17-35-24-13-11-23(12-14-24)30-27(34)21-6-5-18-3-1-2-4-20(18)15-21/h1-16H,17H2,(H,30,34)(H,31,32,33). The molecule has 5 aromatic rings. The molecule has 5 nitrogen and oxygen atoms in total. The summed E-state index contributed by atoms with van der Waals surface area (Å²) in [6.07, 6.45) is 0. The summed E-state index contributed by atoms with van der Waals surface area (Å²) in [5.41, 5.74) is 3.03. The van der Waals surface area contributed by atoms with Gasteiger partial charge in [0.2, 0.25) is 5.91 Å². The fraction of sp³-hybridized carbons (Fsp3) is 0.0357. The van der Waals surface area contributed by atoms with Crippen molar-refractivity contribution in [3.05, 3.63) is 107 Å². The summed E-state index contributed by atoms with van der Waals surface area (Å²) in [5.74, 6) is -0.0498. The minimum Gasteiger partial charge on any atom is -0.322 e. The average molecular weight is 530 g/mol. The summed E-state index contributed by atoms with van der Waals surface area (Å²) in [4.78, 5) is 30.5. The van der Waals surface area contributed by atoms with Crippen molar-refractivity contribution in [3.8, 4) is 11.3 Å². The van der Waals surface area contributed by atoms with E-state index in [0.717, 1.165) is 26.9 Å². The van der Waals surface area contributed by atoms with Gasteiger partial charge in [0.1, 0.15) is 0 Å². The number of thiazole rings is 1. The molecule has 0 atom stereocenters. The van der Waals surface area contributed by atoms with Gasteiger partial charge >= 0.3 is 0 Å². The van der Waals surface area contributed by atoms with Crippen molar-refractivity contribution in [1.82, 2.24) is 4.98 Å². The molecule has 2 amide bonds. The van der Waals surface area contributed by atoms with Crippen molar-refractivity contribution in [2.24, 2.45) is 0 Å². The van der Waals surface area contributed by atoms with Crippen molar-refractivity contribution < 1.29 is 9.59 Å². The molecule has 0 radical (unpaired) electrons. The van der Waals surface area contributed by atoms with E-state index in [2.05, 4.69) is 15.6 Å². The lowest BCUT2D eigenvalue weighted by Crippen LogP contribution is -2.13. The summed E-state index contributed by atoms with van der Waals surface area (Å²) in [6.45, 7) is 0. The van der Waals surface area contributed by atoms with Gasteiger partial charge in [-0.2, -0.15) is 0 Å². The van der Waals surface area contributed by atoms with E-state index in [9.17, 15) is 9.59 Å². The number of amides is 2. The summed E-state index contributed by atoms with van der Waals surface area (Å²) >= 11 is 8.73. The number of carbonyl (C=O) groups excluding carboxylic acids is 2. The molecule has 5 rings (SSSR count). The smallest absolute Gasteiger partial charge is 0.255 e. The SMILES string of the molecule is O=C(CSc1ccc(NC(=O)c2ccc3ccccc3c2)cc1)Nc1nc(-c2ccc(Cl)cc2)cs1. The molecule has 0 spiro atoms. The summed E-state index contributed by atoms with van der Waals surface area (Å²) < 4.78 is 0. The minimum atomic E-state index is -0.165. The molecule has 1 aromatic heterocycles. The Morgan fingerprint density at radius 3 is 2.39 bits per heavy atom. The van der Waals surface area contributed by atoms with E-state index in [1.807, 2.05) is 96.4 Å². The fourth-order valence-electron chi connectivity index (χ4n) is 3.56. The van der Waals surface area contributed by atoms with Crippen molar-refractivity contribution in [2.45, 2.75) is 4.90 Å². The van der Waals surface area contributed by atoms with Crippen molar-refractivity contribution >= 4 is 68.1 Å². The molecule has 178 valence electrons. The number of halogens is 1. The maximum atomic E-state index is 12.7. The van der Waals surface area contributed by atoms with Gasteiger partial charge in [-0.1, -0.05) is 54.1 Å². The monoisotopic (exact) mass is 529 g/mol. The van der Waals surface area contributed by atoms with Crippen LogP contribution < -0.4 is 10.6 Å². The Balaban J connectivity index is 1.13. The summed E-state index contributed by atoms with van der Waals surface area (Å²) in [6, 6.07) is 28.4. The molecule has 36 heavy (non-hydrogen) atoms. The van der Waals surface area contributed by atoms with E-state index in [1.165, 1.54) is 23.1 Å². The van der Waals surface area contributed by atoms with E-state index in [4.69, 9.17) is 11.6 Å². The quantitative estimate of drug-likeness (QED) is 0.213. The molecule has 0 unspecified atom stereocenters. The van der Waals surface area contributed by atoms with E-state index in [0.29, 0.717) is 21.4 Å². The number of fused-ring (bicyclic) bond motifs is 1. The maximum absolute atomic E-state index is 12.7. The van der Waals surface area contributed by atoms with Crippen LogP contribution in [0, 0.1) is 0 Å². The highest BCUT2D eigenvalue weighted by Gasteiger charge is 2.10. The Kier molecular flexibility index (Phi) is 7.32. The topological polar surface area (TPSA) is 71.1 Å². The third-order valence-electron chi connectivity index (χ3n) is 5.38. The second-order valence-corrected chi connectivity index (χ2v) is 10.3. The number of rotatable bonds is 7. The van der Waals surface area contributed by atoms with Gasteiger partial charge in [-0.15, -0.1) is 23.1 Å². The van der Waals surface area contributed by atoms with Gasteiger partial charge in [-0.05, 0) is 59.3 Å². The van der Waals surface area contributed by atoms with Crippen molar-refractivity contribution in [1.29, 1.82) is 0 Å². The first-order valence-electron chi connectivity index (χ1n) is 11.1. The highest BCUT2D eigenvalue weighted by Crippen LogP contribution is 2.27. The summed E-state index contributed by atoms with van der Waals surface area (Å²) in [5, 5.41) is 11.0. The molecule has 0 aliphatic heterocycles. The molecule has 2 N–H and O–H groups in total. The number of benzene rings is 4. The number of nitrogens with one attached hydrogen (secondary N) is 2. The van der Waals surface area contributed by atoms with Crippen LogP contribution in [0.1, 0.15) is 10.4 Å². The van der Waals surface area contributed by atoms with Crippen LogP contribution in [0.3, 0.4) is 0 Å². The highest BCUT2D eigenvalue weighted by molar-refractivity contribution is 8.00. The van der Waals surface area contributed by atoms with Gasteiger partial charge in [0.25, 0.3) is 5.91 Å². The van der Waals surface area contributed by atoms with Gasteiger partial charge in [0.05, 0.1) is 11.4 Å². The number of hydrogen-bond donors (Lipinski definition) is 2. The van der Waals surface area contributed by atoms with Gasteiger partial charge in [-0.25, -0.2) is 4.98 Å². The lowest BCUT2D eigenvalue weighted by Gasteiger charge is -2.08. The first kappa shape index (κ1) is 24.1. The molecule has 0 saturated carbocycles. The average Bonchev–Trinajstić information content (AvgIpc) is 3.36. The molecule has 4 aromatic carbocycles. The molecular formula is C28H20ClN3O2S2. The number of aromatic nitrogens is 1. The zero-order chi connectivity index (χ0) is 24.9.